The molecular formula is C31H35N3O5. The molecule has 1 heterocycles. The minimum Gasteiger partial charge on any atom is -0.497 e. The standard InChI is InChI=1S/C31H35N3O5/c1-3-18-31(30(36)34-32-19-17-23-9-5-4-6-10-23)28(25-11-7-12-27(22-25)37-2)39-29(33-31)24-13-15-26(16-14-24)38-21-8-20-35/h3-7,9-16,22,28,32,35H,1,8,17-21H2,2H3,(H,34,36)/t28-,31-/m0/s1. The molecule has 3 N–H and O–H groups in total. The summed E-state index contributed by atoms with van der Waals surface area (Å²) >= 11 is 0. The van der Waals surface area contributed by atoms with Crippen molar-refractivity contribution < 1.29 is 24.1 Å². The third kappa shape index (κ3) is 6.85. The van der Waals surface area contributed by atoms with Crippen molar-refractivity contribution in [1.82, 2.24) is 10.9 Å². The molecule has 0 radical (unpaired) electrons. The lowest BCUT2D eigenvalue weighted by Gasteiger charge is -2.29. The van der Waals surface area contributed by atoms with Crippen molar-refractivity contribution in [2.24, 2.45) is 4.99 Å². The number of amides is 1. The van der Waals surface area contributed by atoms with E-state index in [1.807, 2.05) is 78.9 Å². The van der Waals surface area contributed by atoms with E-state index in [1.165, 1.54) is 5.56 Å². The molecule has 0 aliphatic carbocycles. The number of aliphatic hydroxyl groups is 1. The number of carbonyl (C=O) groups excluding carboxylic acids is 1. The number of aliphatic imine (C=N–C) groups is 1. The minimum absolute atomic E-state index is 0.0724. The predicted octanol–water partition coefficient (Wildman–Crippen LogP) is 4.15. The van der Waals surface area contributed by atoms with E-state index in [9.17, 15) is 4.79 Å². The second-order valence-electron chi connectivity index (χ2n) is 9.18. The summed E-state index contributed by atoms with van der Waals surface area (Å²) in [7, 11) is 1.60. The van der Waals surface area contributed by atoms with E-state index in [4.69, 9.17) is 24.3 Å². The largest absolute Gasteiger partial charge is 0.497 e. The van der Waals surface area contributed by atoms with Gasteiger partial charge in [-0.1, -0.05) is 48.5 Å². The molecule has 1 aliphatic rings. The summed E-state index contributed by atoms with van der Waals surface area (Å²) in [6.07, 6.45) is 2.54. The highest BCUT2D eigenvalue weighted by Crippen LogP contribution is 2.43. The van der Waals surface area contributed by atoms with Gasteiger partial charge in [0.15, 0.2) is 11.6 Å². The summed E-state index contributed by atoms with van der Waals surface area (Å²) < 4.78 is 17.5. The average Bonchev–Trinajstić information content (AvgIpc) is 3.37. The van der Waals surface area contributed by atoms with Crippen molar-refractivity contribution in [2.45, 2.75) is 30.9 Å². The number of methoxy groups -OCH3 is 1. The average molecular weight is 530 g/mol. The number of carbonyl (C=O) groups is 1. The fourth-order valence-electron chi connectivity index (χ4n) is 4.44. The molecule has 2 atom stereocenters. The zero-order valence-corrected chi connectivity index (χ0v) is 22.1. The maximum atomic E-state index is 13.8. The summed E-state index contributed by atoms with van der Waals surface area (Å²) in [5.74, 6) is 1.36. The molecule has 0 saturated carbocycles. The normalized spacial score (nSPS) is 18.1. The molecule has 8 heteroatoms. The number of hydrogen-bond acceptors (Lipinski definition) is 7. The molecule has 0 aromatic heterocycles. The first-order valence-corrected chi connectivity index (χ1v) is 13.0. The van der Waals surface area contributed by atoms with Crippen LogP contribution in [0.25, 0.3) is 0 Å². The first-order valence-electron chi connectivity index (χ1n) is 13.0. The molecule has 0 saturated heterocycles. The van der Waals surface area contributed by atoms with E-state index in [2.05, 4.69) is 17.4 Å². The number of nitrogens with one attached hydrogen (secondary N) is 2. The van der Waals surface area contributed by atoms with E-state index in [0.717, 1.165) is 12.0 Å². The van der Waals surface area contributed by atoms with Crippen LogP contribution in [0.4, 0.5) is 0 Å². The van der Waals surface area contributed by atoms with Crippen LogP contribution in [0.2, 0.25) is 0 Å². The van der Waals surface area contributed by atoms with Gasteiger partial charge in [-0.2, -0.15) is 0 Å². The van der Waals surface area contributed by atoms with Crippen molar-refractivity contribution >= 4 is 11.8 Å². The van der Waals surface area contributed by atoms with Crippen LogP contribution in [0.3, 0.4) is 0 Å². The lowest BCUT2D eigenvalue weighted by Crippen LogP contribution is -2.52. The molecule has 4 rings (SSSR count). The van der Waals surface area contributed by atoms with Crippen LogP contribution in [0.5, 0.6) is 11.5 Å². The maximum Gasteiger partial charge on any atom is 0.266 e. The molecule has 0 spiro atoms. The van der Waals surface area contributed by atoms with Gasteiger partial charge in [-0.25, -0.2) is 10.4 Å². The Labute approximate surface area is 229 Å². The van der Waals surface area contributed by atoms with Crippen molar-refractivity contribution in [3.8, 4) is 11.5 Å². The Bertz CT molecular complexity index is 1260. The summed E-state index contributed by atoms with van der Waals surface area (Å²) in [6, 6.07) is 24.8. The third-order valence-corrected chi connectivity index (χ3v) is 6.47. The summed E-state index contributed by atoms with van der Waals surface area (Å²) in [6.45, 7) is 4.96. The minimum atomic E-state index is -1.29. The van der Waals surface area contributed by atoms with E-state index in [0.29, 0.717) is 42.5 Å². The quantitative estimate of drug-likeness (QED) is 0.165. The third-order valence-electron chi connectivity index (χ3n) is 6.47. The Morgan fingerprint density at radius 2 is 1.90 bits per heavy atom. The first kappa shape index (κ1) is 27.9. The van der Waals surface area contributed by atoms with Gasteiger partial charge in [0.1, 0.15) is 11.5 Å². The van der Waals surface area contributed by atoms with Crippen molar-refractivity contribution in [1.29, 1.82) is 0 Å². The van der Waals surface area contributed by atoms with Crippen LogP contribution < -0.4 is 20.3 Å². The summed E-state index contributed by atoms with van der Waals surface area (Å²) in [4.78, 5) is 18.7. The molecule has 1 aliphatic heterocycles. The Morgan fingerprint density at radius 1 is 1.10 bits per heavy atom. The van der Waals surface area contributed by atoms with E-state index in [-0.39, 0.29) is 18.9 Å². The summed E-state index contributed by atoms with van der Waals surface area (Å²) in [5.41, 5.74) is 7.28. The van der Waals surface area contributed by atoms with Crippen LogP contribution in [0, 0.1) is 0 Å². The van der Waals surface area contributed by atoms with Gasteiger partial charge in [-0.05, 0) is 53.9 Å². The Kier molecular flexibility index (Phi) is 9.72. The van der Waals surface area contributed by atoms with Gasteiger partial charge in [0.2, 0.25) is 5.90 Å². The highest BCUT2D eigenvalue weighted by Gasteiger charge is 2.52. The number of aliphatic hydroxyl groups excluding tert-OH is 1. The number of hydrazine groups is 1. The van der Waals surface area contributed by atoms with E-state index in [1.54, 1.807) is 13.2 Å². The number of nitrogens with zero attached hydrogens (tertiary/aromatic N) is 1. The highest BCUT2D eigenvalue weighted by molar-refractivity contribution is 6.01. The van der Waals surface area contributed by atoms with Gasteiger partial charge in [-0.15, -0.1) is 6.58 Å². The molecular weight excluding hydrogens is 494 g/mol. The van der Waals surface area contributed by atoms with Crippen LogP contribution in [0.15, 0.2) is 96.5 Å². The molecule has 0 fully saturated rings. The Morgan fingerprint density at radius 3 is 2.62 bits per heavy atom. The number of benzene rings is 3. The van der Waals surface area contributed by atoms with Crippen LogP contribution in [0.1, 0.15) is 35.6 Å². The smallest absolute Gasteiger partial charge is 0.266 e. The number of rotatable bonds is 14. The molecule has 3 aromatic rings. The van der Waals surface area contributed by atoms with Crippen molar-refractivity contribution in [3.63, 3.8) is 0 Å². The fourth-order valence-corrected chi connectivity index (χ4v) is 4.44. The molecule has 39 heavy (non-hydrogen) atoms. The van der Waals surface area contributed by atoms with Crippen molar-refractivity contribution in [3.05, 3.63) is 108 Å². The van der Waals surface area contributed by atoms with Crippen molar-refractivity contribution in [2.75, 3.05) is 26.9 Å². The van der Waals surface area contributed by atoms with Gasteiger partial charge in [0.25, 0.3) is 5.91 Å². The number of hydrogen-bond donors (Lipinski definition) is 3. The number of ether oxygens (including phenoxy) is 3. The molecule has 8 nitrogen and oxygen atoms in total. The van der Waals surface area contributed by atoms with Gasteiger partial charge in [-0.3, -0.25) is 10.2 Å². The van der Waals surface area contributed by atoms with Crippen LogP contribution >= 0.6 is 0 Å². The second-order valence-corrected chi connectivity index (χ2v) is 9.18. The predicted molar refractivity (Wildman–Crippen MR) is 151 cm³/mol. The Hall–Kier alpha value is -4.14. The van der Waals surface area contributed by atoms with E-state index < -0.39 is 11.6 Å². The molecule has 1 amide bonds. The topological polar surface area (TPSA) is 101 Å². The first-order chi connectivity index (χ1) is 19.1. The molecule has 0 unspecified atom stereocenters. The summed E-state index contributed by atoms with van der Waals surface area (Å²) in [5, 5.41) is 8.98. The SMILES string of the molecule is C=CC[C@]1(C(=O)NNCCc2ccccc2)N=C(c2ccc(OCCCO)cc2)O[C@H]1c1cccc(OC)c1. The van der Waals surface area contributed by atoms with E-state index >= 15 is 0 Å². The second kappa shape index (κ2) is 13.6. The zero-order valence-electron chi connectivity index (χ0n) is 22.1. The molecule has 0 bridgehead atoms. The van der Waals surface area contributed by atoms with Gasteiger partial charge >= 0.3 is 0 Å². The lowest BCUT2D eigenvalue weighted by atomic mass is 9.84. The van der Waals surface area contributed by atoms with Crippen LogP contribution in [-0.2, 0) is 16.0 Å². The zero-order chi connectivity index (χ0) is 27.5. The van der Waals surface area contributed by atoms with Gasteiger partial charge in [0, 0.05) is 31.6 Å². The van der Waals surface area contributed by atoms with Gasteiger partial charge in [0.05, 0.1) is 13.7 Å². The monoisotopic (exact) mass is 529 g/mol. The van der Waals surface area contributed by atoms with Gasteiger partial charge < -0.3 is 19.3 Å². The van der Waals surface area contributed by atoms with Crippen LogP contribution in [-0.4, -0.2) is 49.3 Å². The molecule has 204 valence electrons. The maximum absolute atomic E-state index is 13.8. The highest BCUT2D eigenvalue weighted by atomic mass is 16.5. The Balaban J connectivity index is 1.59. The lowest BCUT2D eigenvalue weighted by molar-refractivity contribution is -0.129. The fraction of sp³-hybridized carbons (Fsp3) is 0.290. The molecule has 3 aromatic carbocycles.